The van der Waals surface area contributed by atoms with Crippen molar-refractivity contribution in [2.75, 3.05) is 24.5 Å². The van der Waals surface area contributed by atoms with Crippen LogP contribution in [0.3, 0.4) is 0 Å². The van der Waals surface area contributed by atoms with Crippen molar-refractivity contribution in [3.05, 3.63) is 64.7 Å². The minimum atomic E-state index is -0.210. The van der Waals surface area contributed by atoms with E-state index in [9.17, 15) is 10.1 Å². The summed E-state index contributed by atoms with van der Waals surface area (Å²) in [7, 11) is 0. The smallest absolute Gasteiger partial charge is 0.259 e. The van der Waals surface area contributed by atoms with E-state index in [0.29, 0.717) is 29.2 Å². The van der Waals surface area contributed by atoms with Gasteiger partial charge in [0.25, 0.3) is 5.91 Å². The van der Waals surface area contributed by atoms with Gasteiger partial charge < -0.3 is 10.2 Å². The van der Waals surface area contributed by atoms with E-state index in [4.69, 9.17) is 11.6 Å². The van der Waals surface area contributed by atoms with Gasteiger partial charge in [0.1, 0.15) is 0 Å². The molecular weight excluding hydrogens is 334 g/mol. The molecule has 1 saturated carbocycles. The minimum absolute atomic E-state index is 0.210. The first kappa shape index (κ1) is 17.5. The summed E-state index contributed by atoms with van der Waals surface area (Å²) in [5.41, 5.74) is 1.48. The average Bonchev–Trinajstić information content (AvgIpc) is 3.46. The Morgan fingerprint density at radius 1 is 1.24 bits per heavy atom. The molecule has 0 spiro atoms. The molecule has 0 aliphatic heterocycles. The average molecular weight is 354 g/mol. The van der Waals surface area contributed by atoms with Gasteiger partial charge in [-0.1, -0.05) is 29.8 Å². The molecule has 1 amide bonds. The van der Waals surface area contributed by atoms with Crippen LogP contribution in [-0.4, -0.2) is 25.5 Å². The van der Waals surface area contributed by atoms with Crippen molar-refractivity contribution < 1.29 is 4.79 Å². The predicted molar refractivity (Wildman–Crippen MR) is 99.9 cm³/mol. The Morgan fingerprint density at radius 2 is 2.00 bits per heavy atom. The van der Waals surface area contributed by atoms with E-state index in [1.807, 2.05) is 30.3 Å². The number of nitrogens with one attached hydrogen (secondary N) is 1. The summed E-state index contributed by atoms with van der Waals surface area (Å²) >= 11 is 6.04. The highest BCUT2D eigenvalue weighted by molar-refractivity contribution is 6.31. The number of nitrogens with zero attached hydrogens (tertiary/aromatic N) is 2. The third-order valence-electron chi connectivity index (χ3n) is 4.29. The molecular formula is C20H20ClN3O. The third-order valence-corrected chi connectivity index (χ3v) is 4.52. The summed E-state index contributed by atoms with van der Waals surface area (Å²) < 4.78 is 0. The van der Waals surface area contributed by atoms with Gasteiger partial charge in [-0.3, -0.25) is 4.79 Å². The second-order valence-electron chi connectivity index (χ2n) is 6.24. The molecule has 0 saturated heterocycles. The number of halogens is 1. The fraction of sp³-hybridized carbons (Fsp3) is 0.300. The van der Waals surface area contributed by atoms with Crippen LogP contribution in [0.15, 0.2) is 48.5 Å². The molecule has 0 heterocycles. The van der Waals surface area contributed by atoms with Gasteiger partial charge >= 0.3 is 0 Å². The standard InChI is InChI=1S/C20H20ClN3O/c21-17-9-8-16(13-22)19(12-17)20(25)24(18-4-2-1-3-5-18)11-10-23-14-15-6-7-15/h1-5,8-9,12,15,23H,6-7,10-11,14H2. The molecule has 0 unspecified atom stereocenters. The van der Waals surface area contributed by atoms with Crippen molar-refractivity contribution in [3.8, 4) is 6.07 Å². The van der Waals surface area contributed by atoms with E-state index in [0.717, 1.165) is 18.2 Å². The Balaban J connectivity index is 1.81. The number of rotatable bonds is 7. The third kappa shape index (κ3) is 4.60. The molecule has 1 N–H and O–H groups in total. The Labute approximate surface area is 153 Å². The summed E-state index contributed by atoms with van der Waals surface area (Å²) in [6.45, 7) is 2.24. The Bertz CT molecular complexity index is 781. The number of hydrogen-bond donors (Lipinski definition) is 1. The summed E-state index contributed by atoms with van der Waals surface area (Å²) in [6, 6.07) is 16.4. The molecule has 0 aromatic heterocycles. The lowest BCUT2D eigenvalue weighted by Gasteiger charge is -2.24. The minimum Gasteiger partial charge on any atom is -0.315 e. The zero-order chi connectivity index (χ0) is 17.6. The molecule has 0 atom stereocenters. The molecule has 4 nitrogen and oxygen atoms in total. The molecule has 0 radical (unpaired) electrons. The normalized spacial score (nSPS) is 13.3. The van der Waals surface area contributed by atoms with Crippen molar-refractivity contribution >= 4 is 23.2 Å². The second-order valence-corrected chi connectivity index (χ2v) is 6.68. The number of carbonyl (C=O) groups excluding carboxylic acids is 1. The number of nitriles is 1. The van der Waals surface area contributed by atoms with Crippen LogP contribution in [0.5, 0.6) is 0 Å². The Morgan fingerprint density at radius 3 is 2.68 bits per heavy atom. The van der Waals surface area contributed by atoms with Crippen LogP contribution in [0.1, 0.15) is 28.8 Å². The zero-order valence-electron chi connectivity index (χ0n) is 13.9. The Hall–Kier alpha value is -2.35. The molecule has 1 aliphatic rings. The van der Waals surface area contributed by atoms with Gasteiger partial charge in [0.05, 0.1) is 17.2 Å². The first-order valence-electron chi connectivity index (χ1n) is 8.46. The molecule has 1 fully saturated rings. The lowest BCUT2D eigenvalue weighted by molar-refractivity contribution is 0.0987. The van der Waals surface area contributed by atoms with Gasteiger partial charge in [0, 0.05) is 23.8 Å². The summed E-state index contributed by atoms with van der Waals surface area (Å²) in [5.74, 6) is 0.581. The van der Waals surface area contributed by atoms with E-state index < -0.39 is 0 Å². The van der Waals surface area contributed by atoms with E-state index >= 15 is 0 Å². The topological polar surface area (TPSA) is 56.1 Å². The van der Waals surface area contributed by atoms with Gasteiger partial charge in [-0.2, -0.15) is 5.26 Å². The summed E-state index contributed by atoms with van der Waals surface area (Å²) in [6.07, 6.45) is 2.59. The van der Waals surface area contributed by atoms with Crippen molar-refractivity contribution in [2.45, 2.75) is 12.8 Å². The number of amides is 1. The molecule has 25 heavy (non-hydrogen) atoms. The summed E-state index contributed by atoms with van der Waals surface area (Å²) in [4.78, 5) is 14.8. The Kier molecular flexibility index (Phi) is 5.70. The molecule has 2 aromatic carbocycles. The highest BCUT2D eigenvalue weighted by atomic mass is 35.5. The van der Waals surface area contributed by atoms with Gasteiger partial charge in [-0.05, 0) is 55.6 Å². The highest BCUT2D eigenvalue weighted by Gasteiger charge is 2.22. The predicted octanol–water partition coefficient (Wildman–Crippen LogP) is 3.86. The largest absolute Gasteiger partial charge is 0.315 e. The van der Waals surface area contributed by atoms with Crippen LogP contribution < -0.4 is 10.2 Å². The molecule has 0 bridgehead atoms. The maximum atomic E-state index is 13.1. The van der Waals surface area contributed by atoms with Crippen LogP contribution in [0.25, 0.3) is 0 Å². The maximum absolute atomic E-state index is 13.1. The van der Waals surface area contributed by atoms with Crippen LogP contribution in [0, 0.1) is 17.2 Å². The fourth-order valence-electron chi connectivity index (χ4n) is 2.71. The summed E-state index contributed by atoms with van der Waals surface area (Å²) in [5, 5.41) is 13.2. The monoisotopic (exact) mass is 353 g/mol. The highest BCUT2D eigenvalue weighted by Crippen LogP contribution is 2.27. The maximum Gasteiger partial charge on any atom is 0.259 e. The van der Waals surface area contributed by atoms with Crippen molar-refractivity contribution in [1.29, 1.82) is 5.26 Å². The first-order chi connectivity index (χ1) is 12.2. The van der Waals surface area contributed by atoms with Crippen molar-refractivity contribution in [3.63, 3.8) is 0 Å². The zero-order valence-corrected chi connectivity index (χ0v) is 14.7. The van der Waals surface area contributed by atoms with Crippen LogP contribution in [0.2, 0.25) is 5.02 Å². The quantitative estimate of drug-likeness (QED) is 0.769. The van der Waals surface area contributed by atoms with E-state index in [1.165, 1.54) is 12.8 Å². The van der Waals surface area contributed by atoms with E-state index in [-0.39, 0.29) is 5.91 Å². The van der Waals surface area contributed by atoms with E-state index in [1.54, 1.807) is 23.1 Å². The van der Waals surface area contributed by atoms with Gasteiger partial charge in [0.15, 0.2) is 0 Å². The van der Waals surface area contributed by atoms with E-state index in [2.05, 4.69) is 11.4 Å². The first-order valence-corrected chi connectivity index (χ1v) is 8.84. The SMILES string of the molecule is N#Cc1ccc(Cl)cc1C(=O)N(CCNCC1CC1)c1ccccc1. The molecule has 1 aliphatic carbocycles. The van der Waals surface area contributed by atoms with Gasteiger partial charge in [-0.25, -0.2) is 0 Å². The van der Waals surface area contributed by atoms with Gasteiger partial charge in [-0.15, -0.1) is 0 Å². The van der Waals surface area contributed by atoms with Crippen molar-refractivity contribution in [1.82, 2.24) is 5.32 Å². The number of anilines is 1. The molecule has 128 valence electrons. The van der Waals surface area contributed by atoms with Gasteiger partial charge in [0.2, 0.25) is 0 Å². The van der Waals surface area contributed by atoms with Crippen LogP contribution in [-0.2, 0) is 0 Å². The fourth-order valence-corrected chi connectivity index (χ4v) is 2.88. The van der Waals surface area contributed by atoms with Crippen LogP contribution in [0.4, 0.5) is 5.69 Å². The number of carbonyl (C=O) groups is 1. The van der Waals surface area contributed by atoms with Crippen molar-refractivity contribution in [2.24, 2.45) is 5.92 Å². The van der Waals surface area contributed by atoms with Crippen LogP contribution >= 0.6 is 11.6 Å². The number of hydrogen-bond acceptors (Lipinski definition) is 3. The second kappa shape index (κ2) is 8.15. The lowest BCUT2D eigenvalue weighted by atomic mass is 10.1. The lowest BCUT2D eigenvalue weighted by Crippen LogP contribution is -2.37. The molecule has 2 aromatic rings. The number of benzene rings is 2. The number of para-hydroxylation sites is 1. The molecule has 5 heteroatoms. The molecule has 3 rings (SSSR count).